The van der Waals surface area contributed by atoms with Gasteiger partial charge in [0.1, 0.15) is 6.04 Å². The first kappa shape index (κ1) is 9.79. The SMILES string of the molecule is O=C(O)C1Cc2ccc(O)c(O)c2CN1. The molecule has 1 aromatic carbocycles. The number of carbonyl (C=O) groups is 1. The van der Waals surface area contributed by atoms with E-state index in [1.54, 1.807) is 6.07 Å². The minimum absolute atomic E-state index is 0.163. The van der Waals surface area contributed by atoms with Crippen molar-refractivity contribution in [2.75, 3.05) is 0 Å². The smallest absolute Gasteiger partial charge is 0.321 e. The number of fused-ring (bicyclic) bond motifs is 1. The molecule has 0 spiro atoms. The van der Waals surface area contributed by atoms with Crippen LogP contribution in [0.25, 0.3) is 0 Å². The van der Waals surface area contributed by atoms with Gasteiger partial charge in [-0.25, -0.2) is 0 Å². The summed E-state index contributed by atoms with van der Waals surface area (Å²) in [5, 5.41) is 30.4. The highest BCUT2D eigenvalue weighted by molar-refractivity contribution is 5.74. The van der Waals surface area contributed by atoms with Crippen LogP contribution >= 0.6 is 0 Å². The van der Waals surface area contributed by atoms with Crippen molar-refractivity contribution >= 4 is 5.97 Å². The van der Waals surface area contributed by atoms with Crippen molar-refractivity contribution < 1.29 is 20.1 Å². The molecule has 2 rings (SSSR count). The number of phenolic OH excluding ortho intramolecular Hbond substituents is 2. The van der Waals surface area contributed by atoms with Gasteiger partial charge in [-0.2, -0.15) is 0 Å². The molecular formula is C10H11NO4. The van der Waals surface area contributed by atoms with Gasteiger partial charge in [0.05, 0.1) is 0 Å². The van der Waals surface area contributed by atoms with Crippen molar-refractivity contribution in [3.63, 3.8) is 0 Å². The third-order valence-corrected chi connectivity index (χ3v) is 2.61. The van der Waals surface area contributed by atoms with Crippen LogP contribution in [0.4, 0.5) is 0 Å². The molecule has 1 aliphatic heterocycles. The van der Waals surface area contributed by atoms with Gasteiger partial charge in [0.15, 0.2) is 11.5 Å². The van der Waals surface area contributed by atoms with E-state index in [1.165, 1.54) is 6.07 Å². The average molecular weight is 209 g/mol. The zero-order valence-electron chi connectivity index (χ0n) is 7.90. The van der Waals surface area contributed by atoms with Gasteiger partial charge in [-0.05, 0) is 18.1 Å². The van der Waals surface area contributed by atoms with Crippen molar-refractivity contribution in [1.29, 1.82) is 0 Å². The van der Waals surface area contributed by atoms with E-state index in [1.807, 2.05) is 0 Å². The number of rotatable bonds is 1. The first-order chi connectivity index (χ1) is 7.09. The summed E-state index contributed by atoms with van der Waals surface area (Å²) < 4.78 is 0. The van der Waals surface area contributed by atoms with Gasteiger partial charge in [-0.3, -0.25) is 10.1 Å². The summed E-state index contributed by atoms with van der Waals surface area (Å²) in [5.41, 5.74) is 1.34. The van der Waals surface area contributed by atoms with Crippen molar-refractivity contribution in [2.45, 2.75) is 19.0 Å². The summed E-state index contributed by atoms with van der Waals surface area (Å²) >= 11 is 0. The van der Waals surface area contributed by atoms with Gasteiger partial charge < -0.3 is 15.3 Å². The van der Waals surface area contributed by atoms with Gasteiger partial charge in [0.2, 0.25) is 0 Å². The van der Waals surface area contributed by atoms with E-state index < -0.39 is 12.0 Å². The molecule has 15 heavy (non-hydrogen) atoms. The van der Waals surface area contributed by atoms with Gasteiger partial charge in [-0.15, -0.1) is 0 Å². The molecule has 5 nitrogen and oxygen atoms in total. The first-order valence-electron chi connectivity index (χ1n) is 4.58. The predicted molar refractivity (Wildman–Crippen MR) is 51.7 cm³/mol. The Bertz CT molecular complexity index is 416. The quantitative estimate of drug-likeness (QED) is 0.496. The summed E-state index contributed by atoms with van der Waals surface area (Å²) in [6.45, 7) is 0.256. The van der Waals surface area contributed by atoms with Crippen LogP contribution in [-0.2, 0) is 17.8 Å². The fourth-order valence-corrected chi connectivity index (χ4v) is 1.75. The molecule has 1 unspecified atom stereocenters. The third kappa shape index (κ3) is 1.61. The van der Waals surface area contributed by atoms with Crippen LogP contribution in [0, 0.1) is 0 Å². The van der Waals surface area contributed by atoms with E-state index in [0.717, 1.165) is 5.56 Å². The van der Waals surface area contributed by atoms with Crippen LogP contribution in [0.3, 0.4) is 0 Å². The number of carboxylic acid groups (broad SMARTS) is 1. The maximum Gasteiger partial charge on any atom is 0.321 e. The Kier molecular flexibility index (Phi) is 2.24. The van der Waals surface area contributed by atoms with Gasteiger partial charge >= 0.3 is 5.97 Å². The van der Waals surface area contributed by atoms with Gasteiger partial charge in [-0.1, -0.05) is 6.07 Å². The first-order valence-corrected chi connectivity index (χ1v) is 4.58. The molecule has 0 fully saturated rings. The number of carboxylic acids is 1. The number of aliphatic carboxylic acids is 1. The zero-order chi connectivity index (χ0) is 11.0. The Morgan fingerprint density at radius 3 is 2.80 bits per heavy atom. The van der Waals surface area contributed by atoms with E-state index in [0.29, 0.717) is 12.0 Å². The molecule has 0 bridgehead atoms. The molecular weight excluding hydrogens is 198 g/mol. The number of phenols is 2. The summed E-state index contributed by atoms with van der Waals surface area (Å²) in [4.78, 5) is 10.7. The molecule has 1 aromatic rings. The Labute approximate surface area is 86.0 Å². The molecule has 1 aliphatic rings. The number of hydrogen-bond donors (Lipinski definition) is 4. The molecule has 4 N–H and O–H groups in total. The molecule has 0 radical (unpaired) electrons. The highest BCUT2D eigenvalue weighted by atomic mass is 16.4. The monoisotopic (exact) mass is 209 g/mol. The third-order valence-electron chi connectivity index (χ3n) is 2.61. The second-order valence-electron chi connectivity index (χ2n) is 3.55. The number of nitrogens with one attached hydrogen (secondary N) is 1. The minimum atomic E-state index is -0.909. The van der Waals surface area contributed by atoms with E-state index in [-0.39, 0.29) is 18.0 Å². The van der Waals surface area contributed by atoms with E-state index in [4.69, 9.17) is 5.11 Å². The molecule has 5 heteroatoms. The van der Waals surface area contributed by atoms with Crippen LogP contribution in [-0.4, -0.2) is 27.3 Å². The lowest BCUT2D eigenvalue weighted by atomic mass is 9.95. The fourth-order valence-electron chi connectivity index (χ4n) is 1.75. The van der Waals surface area contributed by atoms with Crippen molar-refractivity contribution in [3.8, 4) is 11.5 Å². The lowest BCUT2D eigenvalue weighted by Crippen LogP contribution is -2.41. The Balaban J connectivity index is 2.36. The number of hydrogen-bond acceptors (Lipinski definition) is 4. The second-order valence-corrected chi connectivity index (χ2v) is 3.55. The van der Waals surface area contributed by atoms with Gasteiger partial charge in [0, 0.05) is 12.1 Å². The Morgan fingerprint density at radius 1 is 1.40 bits per heavy atom. The highest BCUT2D eigenvalue weighted by Crippen LogP contribution is 2.33. The molecule has 1 atom stereocenters. The molecule has 0 saturated heterocycles. The summed E-state index contributed by atoms with van der Waals surface area (Å²) in [6.07, 6.45) is 0.318. The van der Waals surface area contributed by atoms with E-state index in [9.17, 15) is 15.0 Å². The van der Waals surface area contributed by atoms with Crippen LogP contribution in [0.2, 0.25) is 0 Å². The lowest BCUT2D eigenvalue weighted by Gasteiger charge is -2.23. The minimum Gasteiger partial charge on any atom is -0.504 e. The Hall–Kier alpha value is -1.75. The van der Waals surface area contributed by atoms with Crippen molar-refractivity contribution in [3.05, 3.63) is 23.3 Å². The van der Waals surface area contributed by atoms with Crippen molar-refractivity contribution in [2.24, 2.45) is 0 Å². The maximum atomic E-state index is 10.7. The highest BCUT2D eigenvalue weighted by Gasteiger charge is 2.25. The normalized spacial score (nSPS) is 19.6. The van der Waals surface area contributed by atoms with E-state index in [2.05, 4.69) is 5.32 Å². The molecule has 0 aliphatic carbocycles. The van der Waals surface area contributed by atoms with Gasteiger partial charge in [0.25, 0.3) is 0 Å². The fraction of sp³-hybridized carbons (Fsp3) is 0.300. The lowest BCUT2D eigenvalue weighted by molar-refractivity contribution is -0.139. The van der Waals surface area contributed by atoms with Crippen LogP contribution < -0.4 is 5.32 Å². The number of aromatic hydroxyl groups is 2. The summed E-state index contributed by atoms with van der Waals surface area (Å²) in [5.74, 6) is -1.25. The van der Waals surface area contributed by atoms with Crippen LogP contribution in [0.5, 0.6) is 11.5 Å². The predicted octanol–water partition coefficient (Wildman–Crippen LogP) is 0.197. The Morgan fingerprint density at radius 2 is 2.13 bits per heavy atom. The summed E-state index contributed by atoms with van der Waals surface area (Å²) in [6, 6.07) is 2.39. The molecule has 0 aromatic heterocycles. The maximum absolute atomic E-state index is 10.7. The van der Waals surface area contributed by atoms with Crippen molar-refractivity contribution in [1.82, 2.24) is 5.32 Å². The van der Waals surface area contributed by atoms with Crippen LogP contribution in [0.1, 0.15) is 11.1 Å². The average Bonchev–Trinajstić information content (AvgIpc) is 2.23. The molecule has 80 valence electrons. The van der Waals surface area contributed by atoms with E-state index >= 15 is 0 Å². The molecule has 0 saturated carbocycles. The zero-order valence-corrected chi connectivity index (χ0v) is 7.90. The molecule has 0 amide bonds. The van der Waals surface area contributed by atoms with Crippen LogP contribution in [0.15, 0.2) is 12.1 Å². The largest absolute Gasteiger partial charge is 0.504 e. The number of benzene rings is 1. The second kappa shape index (κ2) is 3.43. The molecule has 1 heterocycles. The summed E-state index contributed by atoms with van der Waals surface area (Å²) in [7, 11) is 0. The standard InChI is InChI=1S/C10H11NO4/c12-8-2-1-5-3-7(10(14)15)11-4-6(5)9(8)13/h1-2,7,11-13H,3-4H2,(H,14,15). The topological polar surface area (TPSA) is 89.8 Å².